The van der Waals surface area contributed by atoms with Crippen molar-refractivity contribution in [3.05, 3.63) is 0 Å². The maximum absolute atomic E-state index is 8.93. The minimum atomic E-state index is 0. The molecule has 0 aromatic carbocycles. The fraction of sp³-hybridized carbons (Fsp3) is 1.00. The van der Waals surface area contributed by atoms with Gasteiger partial charge in [0.25, 0.3) is 0 Å². The third-order valence-electron chi connectivity index (χ3n) is 0. The van der Waals surface area contributed by atoms with Gasteiger partial charge >= 0.3 is 0 Å². The van der Waals surface area contributed by atoms with E-state index >= 15 is 0 Å². The molecule has 0 spiro atoms. The SMILES string of the molecule is CC.CC.CC.CC[O-].[Sn]. The van der Waals surface area contributed by atoms with Gasteiger partial charge in [0.15, 0.2) is 0 Å². The summed E-state index contributed by atoms with van der Waals surface area (Å²) in [6.45, 7) is 13.6. The average molecular weight is 254 g/mol. The van der Waals surface area contributed by atoms with Crippen LogP contribution in [0.15, 0.2) is 0 Å². The summed E-state index contributed by atoms with van der Waals surface area (Å²) < 4.78 is 0. The molecule has 1 nitrogen and oxygen atoms in total. The molecule has 2 heteroatoms. The van der Waals surface area contributed by atoms with Crippen LogP contribution < -0.4 is 5.11 Å². The standard InChI is InChI=1S/C2H5O.3C2H6.Sn/c1-2-3;3*1-2;/h2H2,1H3;3*1-2H3;/q-1;;;;. The van der Waals surface area contributed by atoms with Crippen LogP contribution in [0.5, 0.6) is 0 Å². The molecule has 0 aliphatic heterocycles. The summed E-state index contributed by atoms with van der Waals surface area (Å²) >= 11 is 0. The molecular formula is C8H23OSn-. The molecule has 0 N–H and O–H groups in total. The van der Waals surface area contributed by atoms with E-state index in [9.17, 15) is 0 Å². The summed E-state index contributed by atoms with van der Waals surface area (Å²) in [6, 6.07) is 0. The maximum atomic E-state index is 8.93. The van der Waals surface area contributed by atoms with Crippen LogP contribution in [0, 0.1) is 0 Å². The minimum absolute atomic E-state index is 0. The molecule has 0 aliphatic carbocycles. The first-order valence-corrected chi connectivity index (χ1v) is 4.00. The van der Waals surface area contributed by atoms with Crippen molar-refractivity contribution in [3.8, 4) is 0 Å². The Labute approximate surface area is 84.2 Å². The Kier molecular flexibility index (Phi) is 748. The monoisotopic (exact) mass is 255 g/mol. The van der Waals surface area contributed by atoms with E-state index in [1.54, 1.807) is 6.92 Å². The van der Waals surface area contributed by atoms with E-state index < -0.39 is 0 Å². The molecule has 0 aromatic heterocycles. The summed E-state index contributed by atoms with van der Waals surface area (Å²) in [5.74, 6) is 0. The van der Waals surface area contributed by atoms with Crippen molar-refractivity contribution in [2.45, 2.75) is 48.5 Å². The molecule has 66 valence electrons. The first-order chi connectivity index (χ1) is 4.41. The zero-order valence-electron chi connectivity index (χ0n) is 8.62. The quantitative estimate of drug-likeness (QED) is 0.607. The van der Waals surface area contributed by atoms with E-state index in [2.05, 4.69) is 0 Å². The van der Waals surface area contributed by atoms with E-state index in [4.69, 9.17) is 5.11 Å². The molecule has 0 aliphatic rings. The Balaban J connectivity index is -0.0000000110. The van der Waals surface area contributed by atoms with E-state index in [0.29, 0.717) is 0 Å². The van der Waals surface area contributed by atoms with Crippen LogP contribution in [0.4, 0.5) is 0 Å². The van der Waals surface area contributed by atoms with Gasteiger partial charge in [-0.1, -0.05) is 48.5 Å². The van der Waals surface area contributed by atoms with E-state index in [1.807, 2.05) is 41.5 Å². The largest absolute Gasteiger partial charge is 0.855 e. The van der Waals surface area contributed by atoms with Gasteiger partial charge in [-0.3, -0.25) is 0 Å². The molecule has 0 unspecified atom stereocenters. The Morgan fingerprint density at radius 3 is 0.800 bits per heavy atom. The summed E-state index contributed by atoms with van der Waals surface area (Å²) in [5.41, 5.74) is 0. The fourth-order valence-electron chi connectivity index (χ4n) is 0. The third kappa shape index (κ3) is 916. The minimum Gasteiger partial charge on any atom is -0.855 e. The Morgan fingerprint density at radius 2 is 0.800 bits per heavy atom. The van der Waals surface area contributed by atoms with Gasteiger partial charge in [0.2, 0.25) is 0 Å². The van der Waals surface area contributed by atoms with Crippen LogP contribution in [-0.4, -0.2) is 30.5 Å². The summed E-state index contributed by atoms with van der Waals surface area (Å²) in [7, 11) is 0. The van der Waals surface area contributed by atoms with Gasteiger partial charge in [0.1, 0.15) is 0 Å². The summed E-state index contributed by atoms with van der Waals surface area (Å²) in [4.78, 5) is 0. The predicted molar refractivity (Wildman–Crippen MR) is 50.3 cm³/mol. The molecule has 0 amide bonds. The molecule has 0 rings (SSSR count). The maximum Gasteiger partial charge on any atom is 0 e. The summed E-state index contributed by atoms with van der Waals surface area (Å²) in [6.07, 6.45) is 0. The van der Waals surface area contributed by atoms with Crippen molar-refractivity contribution in [2.24, 2.45) is 0 Å². The summed E-state index contributed by atoms with van der Waals surface area (Å²) in [5, 5.41) is 8.93. The Morgan fingerprint density at radius 1 is 0.800 bits per heavy atom. The van der Waals surface area contributed by atoms with Crippen LogP contribution in [-0.2, 0) is 0 Å². The number of rotatable bonds is 0. The van der Waals surface area contributed by atoms with Crippen LogP contribution in [0.1, 0.15) is 48.5 Å². The Bertz CT molecular complexity index is 9.22. The van der Waals surface area contributed by atoms with Crippen molar-refractivity contribution in [1.29, 1.82) is 0 Å². The third-order valence-corrected chi connectivity index (χ3v) is 0. The van der Waals surface area contributed by atoms with Crippen LogP contribution in [0.25, 0.3) is 0 Å². The van der Waals surface area contributed by atoms with Gasteiger partial charge in [-0.15, -0.1) is 6.61 Å². The molecule has 4 radical (unpaired) electrons. The normalized spacial score (nSPS) is 3.60. The fourth-order valence-corrected chi connectivity index (χ4v) is 0. The molecule has 0 saturated carbocycles. The molecule has 0 atom stereocenters. The second kappa shape index (κ2) is 242. The van der Waals surface area contributed by atoms with Crippen LogP contribution in [0.2, 0.25) is 0 Å². The van der Waals surface area contributed by atoms with Crippen molar-refractivity contribution in [1.82, 2.24) is 0 Å². The number of hydrogen-bond donors (Lipinski definition) is 0. The topological polar surface area (TPSA) is 23.1 Å². The predicted octanol–water partition coefficient (Wildman–Crippen LogP) is 2.06. The van der Waals surface area contributed by atoms with Crippen LogP contribution in [0.3, 0.4) is 0 Å². The first-order valence-electron chi connectivity index (χ1n) is 4.00. The van der Waals surface area contributed by atoms with Gasteiger partial charge < -0.3 is 5.11 Å². The first kappa shape index (κ1) is 30.9. The van der Waals surface area contributed by atoms with Crippen molar-refractivity contribution in [2.75, 3.05) is 6.61 Å². The molecule has 0 saturated heterocycles. The van der Waals surface area contributed by atoms with Gasteiger partial charge in [0, 0.05) is 23.9 Å². The van der Waals surface area contributed by atoms with Crippen molar-refractivity contribution < 1.29 is 5.11 Å². The van der Waals surface area contributed by atoms with Gasteiger partial charge in [-0.2, -0.15) is 0 Å². The van der Waals surface area contributed by atoms with E-state index in [0.717, 1.165) is 0 Å². The molecule has 0 bridgehead atoms. The average Bonchev–Trinajstić information content (AvgIpc) is 2.01. The molecule has 0 aromatic rings. The molecule has 0 fully saturated rings. The van der Waals surface area contributed by atoms with E-state index in [1.165, 1.54) is 0 Å². The zero-order chi connectivity index (χ0) is 8.71. The smallest absolute Gasteiger partial charge is 0 e. The zero-order valence-corrected chi connectivity index (χ0v) is 11.5. The molecule has 10 heavy (non-hydrogen) atoms. The number of hydrogen-bond acceptors (Lipinski definition) is 1. The second-order valence-electron chi connectivity index (χ2n) is 0.289. The van der Waals surface area contributed by atoms with Crippen LogP contribution >= 0.6 is 0 Å². The van der Waals surface area contributed by atoms with Crippen molar-refractivity contribution >= 4 is 23.9 Å². The van der Waals surface area contributed by atoms with E-state index in [-0.39, 0.29) is 30.5 Å². The van der Waals surface area contributed by atoms with Crippen molar-refractivity contribution in [3.63, 3.8) is 0 Å². The second-order valence-corrected chi connectivity index (χ2v) is 0.289. The van der Waals surface area contributed by atoms with Gasteiger partial charge in [-0.05, 0) is 0 Å². The molecular weight excluding hydrogens is 231 g/mol. The molecule has 0 heterocycles. The van der Waals surface area contributed by atoms with Gasteiger partial charge in [-0.25, -0.2) is 0 Å². The van der Waals surface area contributed by atoms with Gasteiger partial charge in [0.05, 0.1) is 0 Å². The Hall–Kier alpha value is 0.759.